The van der Waals surface area contributed by atoms with Gasteiger partial charge in [-0.2, -0.15) is 0 Å². The molecule has 0 aromatic heterocycles. The van der Waals surface area contributed by atoms with Crippen LogP contribution in [0.1, 0.15) is 33.6 Å². The van der Waals surface area contributed by atoms with Crippen LogP contribution in [-0.2, 0) is 13.3 Å². The van der Waals surface area contributed by atoms with E-state index < -0.39 is 43.6 Å². The van der Waals surface area contributed by atoms with Gasteiger partial charge in [0.05, 0.1) is 0 Å². The molecule has 1 rings (SSSR count). The minimum absolute atomic E-state index is 0.0210. The van der Waals surface area contributed by atoms with Gasteiger partial charge in [0.25, 0.3) is 0 Å². The number of nitrogens with one attached hydrogen (secondary N) is 1. The fourth-order valence-electron chi connectivity index (χ4n) is 2.44. The van der Waals surface area contributed by atoms with Crippen molar-refractivity contribution >= 4 is 14.5 Å². The summed E-state index contributed by atoms with van der Waals surface area (Å²) in [6, 6.07) is 0.487. The Kier molecular flexibility index (Phi) is 9.48. The summed E-state index contributed by atoms with van der Waals surface area (Å²) in [6.07, 6.45) is 0.941. The number of anilines is 1. The van der Waals surface area contributed by atoms with Crippen molar-refractivity contribution in [2.45, 2.75) is 39.7 Å². The molecule has 0 bridgehead atoms. The first-order valence-corrected chi connectivity index (χ1v) is 10.4. The zero-order valence-electron chi connectivity index (χ0n) is 15.1. The molecule has 0 spiro atoms. The molecule has 0 saturated carbocycles. The molecule has 0 fully saturated rings. The third-order valence-corrected chi connectivity index (χ3v) is 6.67. The Morgan fingerprint density at radius 2 is 1.12 bits per heavy atom. The first-order chi connectivity index (χ1) is 12.3. The minimum Gasteiger partial charge on any atom is -0.380 e. The molecule has 0 radical (unpaired) electrons. The Morgan fingerprint density at radius 1 is 0.692 bits per heavy atom. The second kappa shape index (κ2) is 10.8. The zero-order chi connectivity index (χ0) is 19.7. The molecule has 150 valence electrons. The van der Waals surface area contributed by atoms with Crippen LogP contribution in [-0.4, -0.2) is 35.2 Å². The van der Waals surface area contributed by atoms with E-state index in [1.807, 2.05) is 20.8 Å². The van der Waals surface area contributed by atoms with Crippen LogP contribution in [0.25, 0.3) is 0 Å². The van der Waals surface area contributed by atoms with E-state index in [4.69, 9.17) is 13.3 Å². The lowest BCUT2D eigenvalue weighted by molar-refractivity contribution is 0.0707. The van der Waals surface area contributed by atoms with E-state index in [9.17, 15) is 22.0 Å². The molecule has 0 saturated heterocycles. The predicted molar refractivity (Wildman–Crippen MR) is 89.4 cm³/mol. The molecule has 0 aliphatic rings. The summed E-state index contributed by atoms with van der Waals surface area (Å²) in [5.41, 5.74) is -1.02. The summed E-state index contributed by atoms with van der Waals surface area (Å²) in [6.45, 7) is 6.77. The average molecular weight is 401 g/mol. The van der Waals surface area contributed by atoms with Gasteiger partial charge in [0.15, 0.2) is 23.3 Å². The largest absolute Gasteiger partial charge is 0.500 e. The van der Waals surface area contributed by atoms with Gasteiger partial charge in [0.2, 0.25) is 5.82 Å². The highest BCUT2D eigenvalue weighted by molar-refractivity contribution is 6.60. The van der Waals surface area contributed by atoms with Crippen molar-refractivity contribution in [2.24, 2.45) is 0 Å². The van der Waals surface area contributed by atoms with Crippen molar-refractivity contribution in [3.8, 4) is 0 Å². The van der Waals surface area contributed by atoms with E-state index in [0.717, 1.165) is 0 Å². The molecule has 0 amide bonds. The molecule has 0 aliphatic heterocycles. The molecule has 0 aliphatic carbocycles. The lowest BCUT2D eigenvalue weighted by Crippen LogP contribution is -2.45. The summed E-state index contributed by atoms with van der Waals surface area (Å²) in [4.78, 5) is 0. The number of hydrogen-bond acceptors (Lipinski definition) is 4. The highest BCUT2D eigenvalue weighted by Gasteiger charge is 2.39. The second-order valence-electron chi connectivity index (χ2n) is 5.31. The number of hydrogen-bond donors (Lipinski definition) is 1. The van der Waals surface area contributed by atoms with E-state index in [0.29, 0.717) is 38.7 Å². The predicted octanol–water partition coefficient (Wildman–Crippen LogP) is 4.62. The molecule has 26 heavy (non-hydrogen) atoms. The Morgan fingerprint density at radius 3 is 1.54 bits per heavy atom. The Balaban J connectivity index is 2.64. The molecule has 1 aromatic rings. The van der Waals surface area contributed by atoms with Crippen LogP contribution in [0.4, 0.5) is 27.6 Å². The number of rotatable bonds is 12. The van der Waals surface area contributed by atoms with E-state index in [-0.39, 0.29) is 6.54 Å². The van der Waals surface area contributed by atoms with Crippen molar-refractivity contribution in [1.29, 1.82) is 0 Å². The van der Waals surface area contributed by atoms with Crippen LogP contribution in [0.2, 0.25) is 6.04 Å². The quantitative estimate of drug-likeness (QED) is 0.182. The molecule has 1 N–H and O–H groups in total. The first-order valence-electron chi connectivity index (χ1n) is 8.50. The maximum Gasteiger partial charge on any atom is 0.500 e. The van der Waals surface area contributed by atoms with Gasteiger partial charge >= 0.3 is 8.80 Å². The summed E-state index contributed by atoms with van der Waals surface area (Å²) < 4.78 is 83.4. The minimum atomic E-state index is -2.82. The van der Waals surface area contributed by atoms with Gasteiger partial charge in [0.1, 0.15) is 5.69 Å². The fraction of sp³-hybridized carbons (Fsp3) is 0.625. The molecule has 0 atom stereocenters. The van der Waals surface area contributed by atoms with Crippen LogP contribution in [0.15, 0.2) is 0 Å². The number of benzene rings is 1. The smallest absolute Gasteiger partial charge is 0.380 e. The number of unbranched alkanes of at least 4 members (excludes halogenated alkanes) is 1. The van der Waals surface area contributed by atoms with Crippen molar-refractivity contribution < 1.29 is 35.2 Å². The Bertz CT molecular complexity index is 545. The highest BCUT2D eigenvalue weighted by atomic mass is 28.4. The Hall–Kier alpha value is -1.23. The monoisotopic (exact) mass is 401 g/mol. The molecule has 10 heteroatoms. The third-order valence-electron chi connectivity index (χ3n) is 3.51. The van der Waals surface area contributed by atoms with Gasteiger partial charge in [-0.3, -0.25) is 0 Å². The maximum atomic E-state index is 13.6. The van der Waals surface area contributed by atoms with Crippen LogP contribution < -0.4 is 5.32 Å². The summed E-state index contributed by atoms with van der Waals surface area (Å²) in [7, 11) is -2.82. The molecule has 1 aromatic carbocycles. The van der Waals surface area contributed by atoms with Gasteiger partial charge in [-0.15, -0.1) is 0 Å². The van der Waals surface area contributed by atoms with E-state index in [2.05, 4.69) is 5.32 Å². The normalized spacial score (nSPS) is 11.8. The van der Waals surface area contributed by atoms with Gasteiger partial charge < -0.3 is 18.6 Å². The van der Waals surface area contributed by atoms with Crippen molar-refractivity contribution in [1.82, 2.24) is 0 Å². The van der Waals surface area contributed by atoms with E-state index >= 15 is 0 Å². The molecular weight excluding hydrogens is 377 g/mol. The van der Waals surface area contributed by atoms with Crippen LogP contribution in [0, 0.1) is 29.1 Å². The lowest BCUT2D eigenvalue weighted by Gasteiger charge is -2.28. The SMILES string of the molecule is CCO[Si](CCCCNc1c(F)c(F)c(F)c(F)c1F)(OCC)OCC. The molecule has 0 unspecified atom stereocenters. The second-order valence-corrected chi connectivity index (χ2v) is 8.04. The Labute approximate surface area is 151 Å². The zero-order valence-corrected chi connectivity index (χ0v) is 16.1. The molecule has 0 heterocycles. The lowest BCUT2D eigenvalue weighted by atomic mass is 10.2. The topological polar surface area (TPSA) is 39.7 Å². The van der Waals surface area contributed by atoms with Gasteiger partial charge in [-0.05, 0) is 33.6 Å². The van der Waals surface area contributed by atoms with Gasteiger partial charge in [-0.25, -0.2) is 22.0 Å². The van der Waals surface area contributed by atoms with Crippen LogP contribution >= 0.6 is 0 Å². The fourth-order valence-corrected chi connectivity index (χ4v) is 5.13. The third kappa shape index (κ3) is 5.63. The summed E-state index contributed by atoms with van der Waals surface area (Å²) >= 11 is 0. The van der Waals surface area contributed by atoms with E-state index in [1.54, 1.807) is 0 Å². The van der Waals surface area contributed by atoms with Crippen LogP contribution in [0.3, 0.4) is 0 Å². The first kappa shape index (κ1) is 22.8. The number of halogens is 5. The standard InChI is InChI=1S/C16H24F5NO3Si/c1-4-23-26(24-5-2,25-6-3)10-8-7-9-22-16-14(20)12(18)11(17)13(19)15(16)21/h22H,4-10H2,1-3H3. The molecule has 4 nitrogen and oxygen atoms in total. The average Bonchev–Trinajstić information content (AvgIpc) is 2.61. The van der Waals surface area contributed by atoms with Crippen molar-refractivity contribution in [2.75, 3.05) is 31.7 Å². The molecular formula is C16H24F5NO3Si. The van der Waals surface area contributed by atoms with Gasteiger partial charge in [-0.1, -0.05) is 0 Å². The maximum absolute atomic E-state index is 13.6. The highest BCUT2D eigenvalue weighted by Crippen LogP contribution is 2.27. The summed E-state index contributed by atoms with van der Waals surface area (Å²) in [5.74, 6) is -9.86. The van der Waals surface area contributed by atoms with Gasteiger partial charge in [0, 0.05) is 32.4 Å². The summed E-state index contributed by atoms with van der Waals surface area (Å²) in [5, 5.41) is 2.27. The van der Waals surface area contributed by atoms with Crippen molar-refractivity contribution in [3.63, 3.8) is 0 Å². The van der Waals surface area contributed by atoms with E-state index in [1.165, 1.54) is 0 Å². The van der Waals surface area contributed by atoms with Crippen molar-refractivity contribution in [3.05, 3.63) is 29.1 Å². The van der Waals surface area contributed by atoms with Crippen LogP contribution in [0.5, 0.6) is 0 Å².